The molecular weight excluding hydrogens is 587 g/mol. The second-order valence-corrected chi connectivity index (χ2v) is 12.3. The molecule has 0 aliphatic carbocycles. The van der Waals surface area contributed by atoms with E-state index in [1.165, 1.54) is 10.9 Å². The third-order valence-corrected chi connectivity index (χ3v) is 9.59. The first kappa shape index (κ1) is 26.8. The Morgan fingerprint density at radius 3 is 2.29 bits per heavy atom. The van der Waals surface area contributed by atoms with E-state index in [2.05, 4.69) is 120 Å². The number of aromatic nitrogens is 2. The van der Waals surface area contributed by atoms with Gasteiger partial charge in [-0.3, -0.25) is 9.98 Å². The average Bonchev–Trinajstić information content (AvgIpc) is 3.36. The van der Waals surface area contributed by atoms with Crippen LogP contribution in [0.25, 0.3) is 87.8 Å². The fraction of sp³-hybridized carbons (Fsp3) is 0.0227. The van der Waals surface area contributed by atoms with Crippen LogP contribution in [-0.4, -0.2) is 16.2 Å². The maximum absolute atomic E-state index is 6.50. The highest BCUT2D eigenvalue weighted by atomic mass is 16.3. The molecule has 0 saturated carbocycles. The molecule has 0 spiro atoms. The zero-order valence-electron chi connectivity index (χ0n) is 25.9. The van der Waals surface area contributed by atoms with E-state index < -0.39 is 0 Å². The van der Waals surface area contributed by atoms with Gasteiger partial charge in [0.05, 0.1) is 22.4 Å². The number of fused-ring (bicyclic) bond motifs is 10. The van der Waals surface area contributed by atoms with Crippen LogP contribution in [0.5, 0.6) is 0 Å². The fourth-order valence-corrected chi connectivity index (χ4v) is 7.30. The first-order chi connectivity index (χ1) is 23.8. The molecule has 0 radical (unpaired) electrons. The number of nitrogens with zero attached hydrogens (tertiary/aromatic N) is 3. The molecule has 9 aromatic rings. The lowest BCUT2D eigenvalue weighted by Gasteiger charge is -2.11. The molecule has 0 atom stereocenters. The third-order valence-electron chi connectivity index (χ3n) is 9.59. The van der Waals surface area contributed by atoms with Gasteiger partial charge >= 0.3 is 0 Å². The molecule has 4 nitrogen and oxygen atoms in total. The van der Waals surface area contributed by atoms with Crippen LogP contribution in [0.4, 0.5) is 0 Å². The molecule has 224 valence electrons. The molecule has 0 fully saturated rings. The molecule has 48 heavy (non-hydrogen) atoms. The highest BCUT2D eigenvalue weighted by molar-refractivity contribution is 6.25. The van der Waals surface area contributed by atoms with Crippen molar-refractivity contribution in [3.05, 3.63) is 157 Å². The van der Waals surface area contributed by atoms with Crippen molar-refractivity contribution in [3.8, 4) is 11.3 Å². The van der Waals surface area contributed by atoms with Crippen LogP contribution in [0.15, 0.2) is 155 Å². The molecule has 0 N–H and O–H groups in total. The molecule has 1 aliphatic heterocycles. The molecule has 10 rings (SSSR count). The van der Waals surface area contributed by atoms with Gasteiger partial charge in [-0.25, -0.2) is 4.98 Å². The summed E-state index contributed by atoms with van der Waals surface area (Å²) in [4.78, 5) is 14.8. The Kier molecular flexibility index (Phi) is 5.90. The second kappa shape index (κ2) is 10.6. The maximum atomic E-state index is 6.50. The van der Waals surface area contributed by atoms with Gasteiger partial charge in [-0.2, -0.15) is 0 Å². The summed E-state index contributed by atoms with van der Waals surface area (Å²) in [6.07, 6.45) is 9.11. The lowest BCUT2D eigenvalue weighted by atomic mass is 9.96. The monoisotopic (exact) mass is 613 g/mol. The van der Waals surface area contributed by atoms with Crippen molar-refractivity contribution >= 4 is 82.8 Å². The Bertz CT molecular complexity index is 2860. The van der Waals surface area contributed by atoms with E-state index in [0.29, 0.717) is 0 Å². The van der Waals surface area contributed by atoms with Crippen molar-refractivity contribution in [2.75, 3.05) is 0 Å². The smallest absolute Gasteiger partial charge is 0.144 e. The number of hydrogen-bond acceptors (Lipinski definition) is 4. The zero-order chi connectivity index (χ0) is 31.6. The van der Waals surface area contributed by atoms with Crippen LogP contribution in [0.2, 0.25) is 0 Å². The number of aliphatic imine (C=N–C) groups is 1. The first-order valence-electron chi connectivity index (χ1n) is 16.2. The third kappa shape index (κ3) is 4.13. The number of rotatable bonds is 3. The molecule has 0 saturated heterocycles. The van der Waals surface area contributed by atoms with Crippen LogP contribution in [0.3, 0.4) is 0 Å². The number of para-hydroxylation sites is 2. The summed E-state index contributed by atoms with van der Waals surface area (Å²) in [5, 5.41) is 9.00. The lowest BCUT2D eigenvalue weighted by molar-refractivity contribution is 0.673. The minimum absolute atomic E-state index is 0.791. The summed E-state index contributed by atoms with van der Waals surface area (Å²) in [5.74, 6) is 0. The number of furan rings is 1. The van der Waals surface area contributed by atoms with Crippen molar-refractivity contribution < 1.29 is 4.42 Å². The Morgan fingerprint density at radius 1 is 0.562 bits per heavy atom. The van der Waals surface area contributed by atoms with E-state index >= 15 is 0 Å². The highest BCUT2D eigenvalue weighted by Gasteiger charge is 2.17. The van der Waals surface area contributed by atoms with E-state index in [1.807, 2.05) is 36.7 Å². The second-order valence-electron chi connectivity index (χ2n) is 12.3. The van der Waals surface area contributed by atoms with E-state index in [1.54, 1.807) is 0 Å². The van der Waals surface area contributed by atoms with Gasteiger partial charge in [0.1, 0.15) is 11.2 Å². The van der Waals surface area contributed by atoms with Crippen molar-refractivity contribution in [1.82, 2.24) is 9.97 Å². The van der Waals surface area contributed by atoms with Gasteiger partial charge in [0.25, 0.3) is 0 Å². The zero-order valence-corrected chi connectivity index (χ0v) is 25.9. The lowest BCUT2D eigenvalue weighted by Crippen LogP contribution is -1.91. The van der Waals surface area contributed by atoms with Gasteiger partial charge in [-0.15, -0.1) is 0 Å². The summed E-state index contributed by atoms with van der Waals surface area (Å²) < 4.78 is 6.50. The summed E-state index contributed by atoms with van der Waals surface area (Å²) in [6, 6.07) is 44.5. The molecule has 0 amide bonds. The minimum Gasteiger partial charge on any atom is -0.455 e. The van der Waals surface area contributed by atoms with Gasteiger partial charge in [0.2, 0.25) is 0 Å². The van der Waals surface area contributed by atoms with Crippen LogP contribution >= 0.6 is 0 Å². The summed E-state index contributed by atoms with van der Waals surface area (Å²) in [5.41, 5.74) is 10.1. The molecule has 4 heteroatoms. The molecule has 0 bridgehead atoms. The quantitative estimate of drug-likeness (QED) is 0.186. The molecule has 4 heterocycles. The summed E-state index contributed by atoms with van der Waals surface area (Å²) in [7, 11) is 0. The standard InChI is InChI=1S/C44H27N3O/c1-3-14-39-36(11-1)41-37(24-23-35-33-10-2-4-16-40(33)48-44(35)41)43(47-39)29-19-17-27(18-20-29)38-15-5-8-30(26-46-38)31-12-6-13-34-32(31)22-21-28-9-7-25-45-42(28)34/h1-4,6-26H,5H2. The number of benzene rings is 6. The van der Waals surface area contributed by atoms with Crippen molar-refractivity contribution in [2.24, 2.45) is 4.99 Å². The van der Waals surface area contributed by atoms with Crippen LogP contribution in [-0.2, 0) is 0 Å². The SMILES string of the molecule is C1=NC(c2ccc(-c3nc4ccccc4c4c3ccc3c5ccccc5oc34)cc2)=CCC=C1c1cccc2c1ccc1cccnc12. The number of hydrogen-bond donors (Lipinski definition) is 0. The van der Waals surface area contributed by atoms with Gasteiger partial charge in [-0.1, -0.05) is 115 Å². The number of pyridine rings is 2. The van der Waals surface area contributed by atoms with Gasteiger partial charge in [0, 0.05) is 55.7 Å². The van der Waals surface area contributed by atoms with Crippen LogP contribution in [0, 0.1) is 0 Å². The van der Waals surface area contributed by atoms with Crippen molar-refractivity contribution in [1.29, 1.82) is 0 Å². The van der Waals surface area contributed by atoms with Gasteiger partial charge in [-0.05, 0) is 52.8 Å². The Hall–Kier alpha value is -6.39. The Balaban J connectivity index is 1.03. The van der Waals surface area contributed by atoms with Gasteiger partial charge < -0.3 is 4.42 Å². The van der Waals surface area contributed by atoms with E-state index in [4.69, 9.17) is 14.4 Å². The van der Waals surface area contributed by atoms with Crippen molar-refractivity contribution in [2.45, 2.75) is 6.42 Å². The normalized spacial score (nSPS) is 13.5. The highest BCUT2D eigenvalue weighted by Crippen LogP contribution is 2.41. The molecule has 3 aromatic heterocycles. The van der Waals surface area contributed by atoms with E-state index in [-0.39, 0.29) is 0 Å². The molecular formula is C44H27N3O. The Morgan fingerprint density at radius 2 is 1.35 bits per heavy atom. The maximum Gasteiger partial charge on any atom is 0.144 e. The predicted molar refractivity (Wildman–Crippen MR) is 200 cm³/mol. The average molecular weight is 614 g/mol. The molecule has 0 unspecified atom stereocenters. The summed E-state index contributed by atoms with van der Waals surface area (Å²) >= 11 is 0. The topological polar surface area (TPSA) is 51.3 Å². The minimum atomic E-state index is 0.791. The van der Waals surface area contributed by atoms with E-state index in [0.717, 1.165) is 94.4 Å². The summed E-state index contributed by atoms with van der Waals surface area (Å²) in [6.45, 7) is 0. The van der Waals surface area contributed by atoms with Gasteiger partial charge in [0.15, 0.2) is 0 Å². The molecule has 6 aromatic carbocycles. The largest absolute Gasteiger partial charge is 0.455 e. The predicted octanol–water partition coefficient (Wildman–Crippen LogP) is 11.6. The first-order valence-corrected chi connectivity index (χ1v) is 16.2. The van der Waals surface area contributed by atoms with Crippen LogP contribution in [0.1, 0.15) is 17.5 Å². The Labute approximate surface area is 276 Å². The fourth-order valence-electron chi connectivity index (χ4n) is 7.30. The number of allylic oxidation sites excluding steroid dienone is 3. The van der Waals surface area contributed by atoms with E-state index in [9.17, 15) is 0 Å². The van der Waals surface area contributed by atoms with Crippen LogP contribution < -0.4 is 0 Å². The molecule has 1 aliphatic rings. The van der Waals surface area contributed by atoms with Crippen molar-refractivity contribution in [3.63, 3.8) is 0 Å².